The molecule has 1 saturated carbocycles. The predicted octanol–water partition coefficient (Wildman–Crippen LogP) is 3.58. The first-order valence-corrected chi connectivity index (χ1v) is 9.45. The van der Waals surface area contributed by atoms with Crippen LogP contribution >= 0.6 is 0 Å². The van der Waals surface area contributed by atoms with Crippen molar-refractivity contribution in [3.8, 4) is 11.4 Å². The van der Waals surface area contributed by atoms with Crippen molar-refractivity contribution in [1.29, 1.82) is 5.41 Å². The highest BCUT2D eigenvalue weighted by Gasteiger charge is 2.25. The highest BCUT2D eigenvalue weighted by atomic mass is 16.5. The molecule has 0 aliphatic heterocycles. The molecule has 0 bridgehead atoms. The number of nitrogens with two attached hydrogens (primary N) is 1. The zero-order valence-corrected chi connectivity index (χ0v) is 16.3. The molecule has 2 heterocycles. The molecule has 1 fully saturated rings. The van der Waals surface area contributed by atoms with Gasteiger partial charge in [0, 0.05) is 59.1 Å². The van der Waals surface area contributed by atoms with Gasteiger partial charge in [-0.15, -0.1) is 0 Å². The van der Waals surface area contributed by atoms with Crippen LogP contribution in [0.25, 0.3) is 22.3 Å². The summed E-state index contributed by atoms with van der Waals surface area (Å²) in [6.45, 7) is 3.80. The zero-order chi connectivity index (χ0) is 19.8. The van der Waals surface area contributed by atoms with Crippen molar-refractivity contribution in [1.82, 2.24) is 14.5 Å². The number of hydrogen-bond acceptors (Lipinski definition) is 5. The van der Waals surface area contributed by atoms with E-state index in [1.807, 2.05) is 62.1 Å². The molecule has 0 spiro atoms. The summed E-state index contributed by atoms with van der Waals surface area (Å²) < 4.78 is 7.42. The quantitative estimate of drug-likeness (QED) is 0.537. The van der Waals surface area contributed by atoms with E-state index >= 15 is 0 Å². The number of aryl methyl sites for hydroxylation is 1. The van der Waals surface area contributed by atoms with E-state index in [9.17, 15) is 0 Å². The van der Waals surface area contributed by atoms with Gasteiger partial charge in [0.25, 0.3) is 6.02 Å². The minimum Gasteiger partial charge on any atom is -0.407 e. The molecule has 0 atom stereocenters. The van der Waals surface area contributed by atoms with Gasteiger partial charge in [-0.3, -0.25) is 5.41 Å². The summed E-state index contributed by atoms with van der Waals surface area (Å²) in [5.41, 5.74) is 9.47. The normalized spacial score (nSPS) is 14.6. The number of aromatic nitrogens is 3. The fourth-order valence-corrected chi connectivity index (χ4v) is 3.26. The lowest BCUT2D eigenvalue weighted by molar-refractivity contribution is 0.523. The molecule has 0 amide bonds. The van der Waals surface area contributed by atoms with Gasteiger partial charge in [-0.25, -0.2) is 15.0 Å². The van der Waals surface area contributed by atoms with Crippen molar-refractivity contribution < 1.29 is 4.74 Å². The summed E-state index contributed by atoms with van der Waals surface area (Å²) in [7, 11) is 1.99. The van der Waals surface area contributed by atoms with Crippen molar-refractivity contribution >= 4 is 22.8 Å². The maximum atomic E-state index is 8.24. The molecule has 0 saturated heterocycles. The van der Waals surface area contributed by atoms with Crippen LogP contribution in [0.4, 0.5) is 0 Å². The molecule has 2 aromatic heterocycles. The molecule has 144 valence electrons. The highest BCUT2D eigenvalue weighted by molar-refractivity contribution is 6.04. The smallest absolute Gasteiger partial charge is 0.289 e. The van der Waals surface area contributed by atoms with Gasteiger partial charge in [0.05, 0.1) is 0 Å². The number of benzene rings is 1. The van der Waals surface area contributed by atoms with Crippen LogP contribution in [-0.4, -0.2) is 32.5 Å². The first-order chi connectivity index (χ1) is 13.4. The number of rotatable bonds is 4. The summed E-state index contributed by atoms with van der Waals surface area (Å²) in [6.07, 6.45) is 6.25. The molecule has 3 N–H and O–H groups in total. The number of nitrogens with one attached hydrogen (secondary N) is 1. The molecule has 1 aromatic carbocycles. The molecule has 28 heavy (non-hydrogen) atoms. The van der Waals surface area contributed by atoms with Gasteiger partial charge >= 0.3 is 0 Å². The van der Waals surface area contributed by atoms with Gasteiger partial charge in [-0.1, -0.05) is 0 Å². The Morgan fingerprint density at radius 2 is 2.11 bits per heavy atom. The molecule has 0 unspecified atom stereocenters. The SMILES string of the molecule is CC(C)N=C(N)OC(=N)c1ccc2c(c1)c(-c1nccc(C3CC3)n1)cn2C. The number of fused-ring (bicyclic) bond motifs is 1. The summed E-state index contributed by atoms with van der Waals surface area (Å²) in [5, 5.41) is 9.21. The molecule has 0 radical (unpaired) electrons. The van der Waals surface area contributed by atoms with E-state index in [-0.39, 0.29) is 18.0 Å². The molecule has 1 aliphatic rings. The van der Waals surface area contributed by atoms with Gasteiger partial charge in [0.2, 0.25) is 5.90 Å². The second kappa shape index (κ2) is 7.07. The third kappa shape index (κ3) is 3.60. The molecule has 7 nitrogen and oxygen atoms in total. The maximum absolute atomic E-state index is 8.24. The maximum Gasteiger partial charge on any atom is 0.289 e. The second-order valence-corrected chi connectivity index (χ2v) is 7.46. The van der Waals surface area contributed by atoms with E-state index < -0.39 is 0 Å². The summed E-state index contributed by atoms with van der Waals surface area (Å²) in [4.78, 5) is 13.4. The Morgan fingerprint density at radius 3 is 2.82 bits per heavy atom. The van der Waals surface area contributed by atoms with E-state index in [2.05, 4.69) is 9.98 Å². The van der Waals surface area contributed by atoms with Crippen molar-refractivity contribution in [2.24, 2.45) is 17.8 Å². The molecule has 7 heteroatoms. The molecule has 3 aromatic rings. The van der Waals surface area contributed by atoms with E-state index in [0.717, 1.165) is 22.2 Å². The zero-order valence-electron chi connectivity index (χ0n) is 16.3. The van der Waals surface area contributed by atoms with Crippen molar-refractivity contribution in [2.75, 3.05) is 0 Å². The van der Waals surface area contributed by atoms with Crippen LogP contribution in [0.2, 0.25) is 0 Å². The monoisotopic (exact) mass is 376 g/mol. The number of hydrogen-bond donors (Lipinski definition) is 2. The first-order valence-electron chi connectivity index (χ1n) is 9.45. The van der Waals surface area contributed by atoms with Crippen LogP contribution in [0.15, 0.2) is 41.7 Å². The van der Waals surface area contributed by atoms with Crippen LogP contribution < -0.4 is 5.73 Å². The van der Waals surface area contributed by atoms with E-state index in [4.69, 9.17) is 20.9 Å². The molecule has 4 rings (SSSR count). The summed E-state index contributed by atoms with van der Waals surface area (Å²) in [6, 6.07) is 7.73. The number of amidine groups is 1. The van der Waals surface area contributed by atoms with E-state index in [1.54, 1.807) is 0 Å². The Kier molecular flexibility index (Phi) is 4.58. The molecule has 1 aliphatic carbocycles. The third-order valence-electron chi connectivity index (χ3n) is 4.76. The van der Waals surface area contributed by atoms with Crippen LogP contribution in [0.3, 0.4) is 0 Å². The van der Waals surface area contributed by atoms with Gasteiger partial charge in [0.15, 0.2) is 5.82 Å². The van der Waals surface area contributed by atoms with Crippen LogP contribution in [-0.2, 0) is 11.8 Å². The highest BCUT2D eigenvalue weighted by Crippen LogP contribution is 2.39. The molecular formula is C21H24N6O. The average Bonchev–Trinajstić information content (AvgIpc) is 3.45. The fourth-order valence-electron chi connectivity index (χ4n) is 3.26. The van der Waals surface area contributed by atoms with Gasteiger partial charge in [-0.05, 0) is 51.0 Å². The largest absolute Gasteiger partial charge is 0.407 e. The Labute approximate surface area is 163 Å². The fraction of sp³-hybridized carbons (Fsp3) is 0.333. The topological polar surface area (TPSA) is 102 Å². The minimum absolute atomic E-state index is 0.00569. The second-order valence-electron chi connectivity index (χ2n) is 7.46. The van der Waals surface area contributed by atoms with Gasteiger partial charge in [-0.2, -0.15) is 0 Å². The number of nitrogens with zero attached hydrogens (tertiary/aromatic N) is 4. The predicted molar refractivity (Wildman–Crippen MR) is 111 cm³/mol. The van der Waals surface area contributed by atoms with E-state index in [1.165, 1.54) is 12.8 Å². The van der Waals surface area contributed by atoms with Crippen LogP contribution in [0.5, 0.6) is 0 Å². The van der Waals surface area contributed by atoms with Gasteiger partial charge < -0.3 is 15.0 Å². The molecular weight excluding hydrogens is 352 g/mol. The number of ether oxygens (including phenoxy) is 1. The summed E-state index contributed by atoms with van der Waals surface area (Å²) in [5.74, 6) is 1.24. The van der Waals surface area contributed by atoms with Crippen molar-refractivity contribution in [3.05, 3.63) is 47.9 Å². The van der Waals surface area contributed by atoms with Crippen molar-refractivity contribution in [2.45, 2.75) is 38.6 Å². The Bertz CT molecular complexity index is 1080. The van der Waals surface area contributed by atoms with Crippen molar-refractivity contribution in [3.63, 3.8) is 0 Å². The van der Waals surface area contributed by atoms with E-state index in [0.29, 0.717) is 17.3 Å². The number of aliphatic imine (C=N–C) groups is 1. The van der Waals surface area contributed by atoms with Crippen LogP contribution in [0, 0.1) is 5.41 Å². The lowest BCUT2D eigenvalue weighted by Gasteiger charge is -2.08. The Hall–Kier alpha value is -3.22. The lowest BCUT2D eigenvalue weighted by Crippen LogP contribution is -2.22. The third-order valence-corrected chi connectivity index (χ3v) is 4.76. The lowest BCUT2D eigenvalue weighted by atomic mass is 10.1. The first kappa shape index (κ1) is 18.2. The Morgan fingerprint density at radius 1 is 1.32 bits per heavy atom. The standard InChI is InChI=1S/C21H24N6O/c1-12(2)25-21(23)28-19(22)14-6-7-18-15(10-14)16(11-27(18)3)20-24-9-8-17(26-20)13-4-5-13/h6-13,22H,4-5H2,1-3H3,(H2,23,25). The summed E-state index contributed by atoms with van der Waals surface area (Å²) >= 11 is 0. The Balaban J connectivity index is 1.72. The van der Waals surface area contributed by atoms with Gasteiger partial charge in [0.1, 0.15) is 0 Å². The minimum atomic E-state index is -0.0359. The average molecular weight is 376 g/mol. The van der Waals surface area contributed by atoms with Crippen LogP contribution in [0.1, 0.15) is 43.9 Å².